The van der Waals surface area contributed by atoms with Crippen molar-refractivity contribution >= 4 is 35.6 Å². The maximum absolute atomic E-state index is 12.9. The van der Waals surface area contributed by atoms with Gasteiger partial charge >= 0.3 is 5.97 Å². The molecule has 1 heterocycles. The van der Waals surface area contributed by atoms with Gasteiger partial charge in [0.25, 0.3) is 0 Å². The molecule has 0 bridgehead atoms. The van der Waals surface area contributed by atoms with E-state index in [0.29, 0.717) is 13.0 Å². The van der Waals surface area contributed by atoms with Crippen LogP contribution in [0.5, 0.6) is 0 Å². The molecule has 0 aromatic heterocycles. The van der Waals surface area contributed by atoms with E-state index in [2.05, 4.69) is 52.3 Å². The first kappa shape index (κ1) is 34.4. The molecule has 0 aromatic carbocycles. The molecular weight excluding hydrogens is 518 g/mol. The first-order valence-electron chi connectivity index (χ1n) is 13.9. The molecule has 1 rings (SSSR count). The number of carbonyl (C=O) groups excluding carboxylic acids is 4. The molecule has 0 aliphatic carbocycles. The van der Waals surface area contributed by atoms with Crippen LogP contribution in [-0.4, -0.2) is 72.4 Å². The lowest BCUT2D eigenvalue weighted by Crippen LogP contribution is -2.53. The number of nitrogens with one attached hydrogen (secondary N) is 4. The van der Waals surface area contributed by atoms with Crippen LogP contribution in [-0.2, 0) is 24.0 Å². The first-order chi connectivity index (χ1) is 18.8. The van der Waals surface area contributed by atoms with Crippen LogP contribution in [0.1, 0.15) is 66.2 Å². The minimum absolute atomic E-state index is 0.0699. The Morgan fingerprint density at radius 3 is 2.08 bits per heavy atom. The van der Waals surface area contributed by atoms with Crippen LogP contribution < -0.4 is 32.7 Å². The Hall–Kier alpha value is -3.64. The van der Waals surface area contributed by atoms with Crippen molar-refractivity contribution in [2.24, 2.45) is 40.1 Å². The number of carbonyl (C=O) groups is 5. The summed E-state index contributed by atoms with van der Waals surface area (Å²) in [7, 11) is 0. The number of carboxylic acids is 1. The molecule has 6 atom stereocenters. The predicted octanol–water partition coefficient (Wildman–Crippen LogP) is 0.00120. The molecule has 0 saturated heterocycles. The maximum atomic E-state index is 12.9. The van der Waals surface area contributed by atoms with Gasteiger partial charge in [-0.05, 0) is 49.4 Å². The highest BCUT2D eigenvalue weighted by molar-refractivity contribution is 5.93. The minimum atomic E-state index is -1.31. The van der Waals surface area contributed by atoms with Crippen molar-refractivity contribution < 1.29 is 29.1 Å². The van der Waals surface area contributed by atoms with Gasteiger partial charge in [-0.15, -0.1) is 0 Å². The summed E-state index contributed by atoms with van der Waals surface area (Å²) in [6, 6.07) is -2.24. The van der Waals surface area contributed by atoms with E-state index >= 15 is 0 Å². The lowest BCUT2D eigenvalue weighted by molar-refractivity contribution is -0.140. The third kappa shape index (κ3) is 15.1. The van der Waals surface area contributed by atoms with Gasteiger partial charge < -0.3 is 37.8 Å². The number of hydrogen-bond acceptors (Lipinski definition) is 6. The number of hydrogen-bond donors (Lipinski definition) is 7. The number of carboxylic acid groups (broad SMARTS) is 1. The van der Waals surface area contributed by atoms with Gasteiger partial charge in [0, 0.05) is 19.5 Å². The van der Waals surface area contributed by atoms with Crippen LogP contribution >= 0.6 is 0 Å². The van der Waals surface area contributed by atoms with E-state index in [1.54, 1.807) is 0 Å². The molecular formula is C27H47N7O6. The van der Waals surface area contributed by atoms with Crippen molar-refractivity contribution in [3.8, 4) is 0 Å². The number of rotatable bonds is 6. The number of guanidine groups is 1. The Morgan fingerprint density at radius 1 is 0.900 bits per heavy atom. The molecule has 4 amide bonds. The summed E-state index contributed by atoms with van der Waals surface area (Å²) in [6.07, 6.45) is 6.09. The van der Waals surface area contributed by atoms with Gasteiger partial charge in [0.2, 0.25) is 23.6 Å². The predicted molar refractivity (Wildman–Crippen MR) is 152 cm³/mol. The average molecular weight is 566 g/mol. The van der Waals surface area contributed by atoms with Crippen molar-refractivity contribution in [2.45, 2.75) is 78.3 Å². The maximum Gasteiger partial charge on any atom is 0.305 e. The van der Waals surface area contributed by atoms with Crippen molar-refractivity contribution in [2.75, 3.05) is 19.6 Å². The van der Waals surface area contributed by atoms with E-state index in [1.165, 1.54) is 0 Å². The van der Waals surface area contributed by atoms with E-state index in [1.807, 2.05) is 13.8 Å². The fourth-order valence-electron chi connectivity index (χ4n) is 4.63. The largest absolute Gasteiger partial charge is 0.481 e. The molecule has 0 radical (unpaired) electrons. The van der Waals surface area contributed by atoms with Gasteiger partial charge in [-0.1, -0.05) is 39.8 Å². The first-order valence-corrected chi connectivity index (χ1v) is 13.9. The highest BCUT2D eigenvalue weighted by Gasteiger charge is 2.26. The van der Waals surface area contributed by atoms with Gasteiger partial charge in [0.05, 0.1) is 13.0 Å². The highest BCUT2D eigenvalue weighted by atomic mass is 16.4. The third-order valence-electron chi connectivity index (χ3n) is 6.53. The number of amides is 4. The van der Waals surface area contributed by atoms with Crippen molar-refractivity contribution in [1.29, 1.82) is 0 Å². The normalized spacial score (nSPS) is 29.0. The molecule has 0 spiro atoms. The van der Waals surface area contributed by atoms with Crippen molar-refractivity contribution in [3.05, 3.63) is 12.2 Å². The van der Waals surface area contributed by atoms with Gasteiger partial charge in [-0.25, -0.2) is 0 Å². The Morgan fingerprint density at radius 2 is 1.48 bits per heavy atom. The van der Waals surface area contributed by atoms with E-state index in [0.717, 1.165) is 12.8 Å². The summed E-state index contributed by atoms with van der Waals surface area (Å²) in [5.74, 6) is -2.91. The molecule has 0 saturated carbocycles. The molecule has 9 N–H and O–H groups in total. The van der Waals surface area contributed by atoms with Gasteiger partial charge in [-0.3, -0.25) is 29.0 Å². The van der Waals surface area contributed by atoms with E-state index in [-0.39, 0.29) is 54.9 Å². The fourth-order valence-corrected chi connectivity index (χ4v) is 4.63. The summed E-state index contributed by atoms with van der Waals surface area (Å²) in [5, 5.41) is 19.5. The second-order valence-corrected chi connectivity index (χ2v) is 11.0. The number of nitrogens with zero attached hydrogens (tertiary/aromatic N) is 1. The molecule has 226 valence electrons. The van der Waals surface area contributed by atoms with Gasteiger partial charge in [-0.2, -0.15) is 0 Å². The van der Waals surface area contributed by atoms with Gasteiger partial charge in [0.15, 0.2) is 5.96 Å². The van der Waals surface area contributed by atoms with Crippen LogP contribution in [0.15, 0.2) is 17.1 Å². The molecule has 13 nitrogen and oxygen atoms in total. The van der Waals surface area contributed by atoms with Crippen LogP contribution in [0.2, 0.25) is 0 Å². The number of aliphatic imine (C=N–C) groups is 1. The smallest absolute Gasteiger partial charge is 0.305 e. The molecule has 40 heavy (non-hydrogen) atoms. The quantitative estimate of drug-likeness (QED) is 0.100. The van der Waals surface area contributed by atoms with E-state index in [9.17, 15) is 29.1 Å². The average Bonchev–Trinajstić information content (AvgIpc) is 2.84. The zero-order chi connectivity index (χ0) is 30.2. The zero-order valence-corrected chi connectivity index (χ0v) is 24.1. The lowest BCUT2D eigenvalue weighted by atomic mass is 9.91. The standard InChI is InChI=1S/C27H47N7O6/c1-16-7-8-17(2)11-19(4)14-31-26(40)21(13-24(37)38)34-23(36)15-32-25(39)20(6-5-9-30-27(28)29)33-22(35)12-18(3)10-16/h7-8,16-21H,5-6,9-15H2,1-4H3,(H,31,40)(H,32,39)(H,33,35)(H,34,36)(H,37,38)(H4,28,29,30)/b8-7+/t16-,17-,18-,19?,20?,21+/m1/s1. The van der Waals surface area contributed by atoms with E-state index < -0.39 is 48.7 Å². The molecule has 0 fully saturated rings. The zero-order valence-electron chi connectivity index (χ0n) is 24.1. The summed E-state index contributed by atoms with van der Waals surface area (Å²) in [6.45, 7) is 8.21. The summed E-state index contributed by atoms with van der Waals surface area (Å²) in [5.41, 5.74) is 10.7. The van der Waals surface area contributed by atoms with Crippen LogP contribution in [0.3, 0.4) is 0 Å². The Balaban J connectivity index is 3.09. The lowest BCUT2D eigenvalue weighted by Gasteiger charge is -2.21. The van der Waals surface area contributed by atoms with Crippen molar-refractivity contribution in [3.63, 3.8) is 0 Å². The number of nitrogens with two attached hydrogens (primary N) is 2. The number of allylic oxidation sites excluding steroid dienone is 2. The highest BCUT2D eigenvalue weighted by Crippen LogP contribution is 2.19. The Kier molecular flexibility index (Phi) is 15.3. The van der Waals surface area contributed by atoms with Gasteiger partial charge in [0.1, 0.15) is 12.1 Å². The minimum Gasteiger partial charge on any atom is -0.481 e. The van der Waals surface area contributed by atoms with E-state index in [4.69, 9.17) is 11.5 Å². The summed E-state index contributed by atoms with van der Waals surface area (Å²) < 4.78 is 0. The monoisotopic (exact) mass is 565 g/mol. The topological polar surface area (TPSA) is 218 Å². The summed E-state index contributed by atoms with van der Waals surface area (Å²) in [4.78, 5) is 66.1. The third-order valence-corrected chi connectivity index (χ3v) is 6.53. The second-order valence-electron chi connectivity index (χ2n) is 11.0. The van der Waals surface area contributed by atoms with Crippen LogP contribution in [0, 0.1) is 23.7 Å². The molecule has 2 unspecified atom stereocenters. The Bertz CT molecular complexity index is 934. The van der Waals surface area contributed by atoms with Crippen LogP contribution in [0.25, 0.3) is 0 Å². The molecule has 1 aliphatic heterocycles. The van der Waals surface area contributed by atoms with Crippen LogP contribution in [0.4, 0.5) is 0 Å². The van der Waals surface area contributed by atoms with Crippen molar-refractivity contribution in [1.82, 2.24) is 21.3 Å². The molecule has 0 aromatic rings. The second kappa shape index (κ2) is 17.9. The fraction of sp³-hybridized carbons (Fsp3) is 0.704. The number of aliphatic carboxylic acids is 1. The Labute approximate surface area is 236 Å². The SMILES string of the molecule is CC1CNC(=O)[C@H](CC(=O)O)NC(=O)CNC(=O)C(CCCN=C(N)N)NC(=O)C[C@H](C)C[C@H](C)/C=C/[C@@H](C)C1. The summed E-state index contributed by atoms with van der Waals surface area (Å²) >= 11 is 0. The molecule has 13 heteroatoms. The molecule has 1 aliphatic rings.